The summed E-state index contributed by atoms with van der Waals surface area (Å²) in [4.78, 5) is 64.3. The van der Waals surface area contributed by atoms with Gasteiger partial charge >= 0.3 is 6.03 Å². The summed E-state index contributed by atoms with van der Waals surface area (Å²) < 4.78 is 44.9. The molecule has 6 amide bonds. The number of benzene rings is 2. The molecule has 288 valence electrons. The molecule has 0 bridgehead atoms. The first kappa shape index (κ1) is 39.2. The van der Waals surface area contributed by atoms with Crippen LogP contribution in [0.4, 0.5) is 4.79 Å². The average molecular weight is 743 g/mol. The fourth-order valence-electron chi connectivity index (χ4n) is 5.80. The van der Waals surface area contributed by atoms with Crippen molar-refractivity contribution in [2.75, 3.05) is 92.4 Å². The van der Waals surface area contributed by atoms with E-state index in [2.05, 4.69) is 21.3 Å². The van der Waals surface area contributed by atoms with Crippen LogP contribution in [-0.2, 0) is 28.5 Å². The number of urea groups is 1. The molecule has 1 fully saturated rings. The second-order valence-corrected chi connectivity index (χ2v) is 12.2. The highest BCUT2D eigenvalue weighted by Gasteiger charge is 2.49. The van der Waals surface area contributed by atoms with Crippen molar-refractivity contribution in [3.05, 3.63) is 47.5 Å². The Morgan fingerprint density at radius 3 is 1.28 bits per heavy atom. The van der Waals surface area contributed by atoms with E-state index in [9.17, 15) is 24.0 Å². The van der Waals surface area contributed by atoms with Gasteiger partial charge in [0.2, 0.25) is 11.8 Å². The third-order valence-electron chi connectivity index (χ3n) is 8.55. The van der Waals surface area contributed by atoms with Crippen molar-refractivity contribution >= 4 is 29.7 Å². The molecule has 53 heavy (non-hydrogen) atoms. The molecule has 0 atom stereocenters. The van der Waals surface area contributed by atoms with Gasteiger partial charge in [-0.2, -0.15) is 0 Å². The Balaban J connectivity index is 1.13. The van der Waals surface area contributed by atoms with E-state index < -0.39 is 35.1 Å². The van der Waals surface area contributed by atoms with Gasteiger partial charge in [0.1, 0.15) is 31.8 Å². The minimum atomic E-state index is -1.59. The summed E-state index contributed by atoms with van der Waals surface area (Å²) in [5, 5.41) is 10.0. The van der Waals surface area contributed by atoms with Crippen molar-refractivity contribution in [2.45, 2.75) is 25.7 Å². The van der Waals surface area contributed by atoms with Gasteiger partial charge in [0.05, 0.1) is 52.9 Å². The Morgan fingerprint density at radius 2 is 0.887 bits per heavy atom. The number of rotatable bonds is 10. The van der Waals surface area contributed by atoms with E-state index in [1.54, 1.807) is 36.4 Å². The number of hydrogen-bond acceptors (Lipinski definition) is 13. The molecule has 2 aromatic rings. The molecular formula is C36H46N4O13. The van der Waals surface area contributed by atoms with Crippen LogP contribution in [0.15, 0.2) is 36.4 Å². The molecule has 1 saturated heterocycles. The van der Waals surface area contributed by atoms with Crippen molar-refractivity contribution in [3.8, 4) is 23.0 Å². The van der Waals surface area contributed by atoms with Crippen LogP contribution < -0.4 is 40.2 Å². The number of hydrogen-bond donors (Lipinski definition) is 4. The summed E-state index contributed by atoms with van der Waals surface area (Å²) >= 11 is 0. The van der Waals surface area contributed by atoms with Gasteiger partial charge in [0.25, 0.3) is 11.8 Å². The highest BCUT2D eigenvalue weighted by atomic mass is 16.6. The van der Waals surface area contributed by atoms with E-state index in [4.69, 9.17) is 37.9 Å². The molecule has 5 rings (SSSR count). The number of barbiturate groups is 1. The number of imide groups is 2. The van der Waals surface area contributed by atoms with Gasteiger partial charge in [-0.1, -0.05) is 0 Å². The first-order chi connectivity index (χ1) is 25.9. The lowest BCUT2D eigenvalue weighted by molar-refractivity contribution is -0.145. The van der Waals surface area contributed by atoms with Crippen LogP contribution in [0.2, 0.25) is 0 Å². The molecule has 17 heteroatoms. The summed E-state index contributed by atoms with van der Waals surface area (Å²) in [5.41, 5.74) is -0.942. The molecule has 0 aliphatic carbocycles. The van der Waals surface area contributed by atoms with Gasteiger partial charge in [-0.3, -0.25) is 29.8 Å². The minimum Gasteiger partial charge on any atom is -0.487 e. The number of carbonyl (C=O) groups excluding carboxylic acids is 5. The fraction of sp³-hybridized carbons (Fsp3) is 0.528. The summed E-state index contributed by atoms with van der Waals surface area (Å²) in [5.74, 6) is -0.554. The molecule has 4 N–H and O–H groups in total. The monoisotopic (exact) mass is 742 g/mol. The predicted molar refractivity (Wildman–Crippen MR) is 185 cm³/mol. The Morgan fingerprint density at radius 1 is 0.528 bits per heavy atom. The lowest BCUT2D eigenvalue weighted by Crippen LogP contribution is -2.62. The lowest BCUT2D eigenvalue weighted by atomic mass is 9.76. The van der Waals surface area contributed by atoms with Gasteiger partial charge in [-0.05, 0) is 62.1 Å². The maximum atomic E-state index is 13.1. The summed E-state index contributed by atoms with van der Waals surface area (Å²) in [6.07, 6.45) is 0.547. The van der Waals surface area contributed by atoms with E-state index in [0.29, 0.717) is 100 Å². The van der Waals surface area contributed by atoms with Gasteiger partial charge < -0.3 is 48.5 Å². The van der Waals surface area contributed by atoms with E-state index in [1.165, 1.54) is 0 Å². The van der Waals surface area contributed by atoms with Crippen molar-refractivity contribution in [3.63, 3.8) is 0 Å². The van der Waals surface area contributed by atoms with Crippen molar-refractivity contribution in [1.29, 1.82) is 0 Å². The van der Waals surface area contributed by atoms with Crippen LogP contribution >= 0.6 is 0 Å². The summed E-state index contributed by atoms with van der Waals surface area (Å²) in [6, 6.07) is 8.74. The number of ether oxygens (including phenoxy) is 8. The highest BCUT2D eigenvalue weighted by molar-refractivity contribution is 6.19. The second kappa shape index (κ2) is 20.3. The Labute approximate surface area is 306 Å². The van der Waals surface area contributed by atoms with Crippen LogP contribution in [0, 0.1) is 5.41 Å². The van der Waals surface area contributed by atoms with Crippen molar-refractivity contribution in [2.24, 2.45) is 5.41 Å². The molecule has 0 spiro atoms. The zero-order valence-electron chi connectivity index (χ0n) is 29.5. The fourth-order valence-corrected chi connectivity index (χ4v) is 5.80. The van der Waals surface area contributed by atoms with Crippen LogP contribution in [0.3, 0.4) is 0 Å². The molecule has 0 radical (unpaired) electrons. The molecule has 2 aromatic carbocycles. The third-order valence-corrected chi connectivity index (χ3v) is 8.55. The molecule has 0 aromatic heterocycles. The Hall–Kier alpha value is -4.97. The summed E-state index contributed by atoms with van der Waals surface area (Å²) in [7, 11) is 0. The molecule has 0 saturated carbocycles. The van der Waals surface area contributed by atoms with Crippen LogP contribution in [0.1, 0.15) is 46.4 Å². The first-order valence-corrected chi connectivity index (χ1v) is 17.7. The van der Waals surface area contributed by atoms with E-state index in [0.717, 1.165) is 0 Å². The van der Waals surface area contributed by atoms with Gasteiger partial charge in [-0.15, -0.1) is 0 Å². The zero-order valence-corrected chi connectivity index (χ0v) is 29.5. The normalized spacial score (nSPS) is 18.4. The van der Waals surface area contributed by atoms with Crippen LogP contribution in [-0.4, -0.2) is 122 Å². The number of nitrogens with one attached hydrogen (secondary N) is 4. The molecule has 3 heterocycles. The molecule has 3 aliphatic rings. The number of fused-ring (bicyclic) bond motifs is 2. The van der Waals surface area contributed by atoms with E-state index >= 15 is 0 Å². The topological polar surface area (TPSA) is 207 Å². The molecule has 17 nitrogen and oxygen atoms in total. The van der Waals surface area contributed by atoms with E-state index in [1.807, 2.05) is 0 Å². The van der Waals surface area contributed by atoms with E-state index in [-0.39, 0.29) is 52.0 Å². The van der Waals surface area contributed by atoms with Gasteiger partial charge in [-0.25, -0.2) is 4.79 Å². The third kappa shape index (κ3) is 11.5. The highest BCUT2D eigenvalue weighted by Crippen LogP contribution is 2.33. The number of amides is 6. The summed E-state index contributed by atoms with van der Waals surface area (Å²) in [6.45, 7) is 4.60. The van der Waals surface area contributed by atoms with Gasteiger partial charge in [0.15, 0.2) is 23.0 Å². The average Bonchev–Trinajstić information content (AvgIpc) is 3.14. The SMILES string of the molecule is O=C1NC(=O)C(CCCNC(=O)c2ccc3c(c2)OCCOCCOCCO3)(CCCNC(=O)c2ccc3c(c2)OCCOCCOCCO3)C(=O)N1. The van der Waals surface area contributed by atoms with Crippen molar-refractivity contribution < 1.29 is 61.9 Å². The first-order valence-electron chi connectivity index (χ1n) is 17.7. The largest absolute Gasteiger partial charge is 0.487 e. The zero-order chi connectivity index (χ0) is 37.3. The smallest absolute Gasteiger partial charge is 0.328 e. The Kier molecular flexibility index (Phi) is 15.0. The lowest BCUT2D eigenvalue weighted by Gasteiger charge is -2.34. The van der Waals surface area contributed by atoms with Crippen LogP contribution in [0.5, 0.6) is 23.0 Å². The predicted octanol–water partition coefficient (Wildman–Crippen LogP) is 1.37. The van der Waals surface area contributed by atoms with Crippen molar-refractivity contribution in [1.82, 2.24) is 21.3 Å². The maximum absolute atomic E-state index is 13.1. The molecule has 3 aliphatic heterocycles. The quantitative estimate of drug-likeness (QED) is 0.201. The van der Waals surface area contributed by atoms with Crippen LogP contribution in [0.25, 0.3) is 0 Å². The molecule has 0 unspecified atom stereocenters. The minimum absolute atomic E-state index is 0.0340. The standard InChI is InChI=1S/C36H46N4O13/c41-31(25-3-5-27-29(23-25)52-21-17-48-13-11-46-15-19-50-27)37-9-1-7-36(33(43)39-35(45)40-34(36)44)8-2-10-38-32(42)26-4-6-28-30(24-26)53-22-18-49-14-12-47-16-20-51-28/h3-6,23-24H,1-2,7-22H2,(H,37,41)(H,38,42)(H2,39,40,43,44,45). The Bertz CT molecular complexity index is 1470. The number of carbonyl (C=O) groups is 5. The van der Waals surface area contributed by atoms with Gasteiger partial charge in [0, 0.05) is 24.2 Å². The second-order valence-electron chi connectivity index (χ2n) is 12.2. The maximum Gasteiger partial charge on any atom is 0.328 e. The molecular weight excluding hydrogens is 696 g/mol.